The summed E-state index contributed by atoms with van der Waals surface area (Å²) in [7, 11) is 1.82. The maximum Gasteiger partial charge on any atom is 0.237 e. The van der Waals surface area contributed by atoms with Crippen LogP contribution in [0.15, 0.2) is 29.2 Å². The molecule has 1 aromatic heterocycles. The van der Waals surface area contributed by atoms with Gasteiger partial charge in [-0.1, -0.05) is 32.9 Å². The summed E-state index contributed by atoms with van der Waals surface area (Å²) in [4.78, 5) is 18.0. The zero-order valence-electron chi connectivity index (χ0n) is 17.0. The third kappa shape index (κ3) is 5.96. The quantitative estimate of drug-likeness (QED) is 0.717. The highest BCUT2D eigenvalue weighted by Crippen LogP contribution is 2.26. The summed E-state index contributed by atoms with van der Waals surface area (Å²) in [5.74, 6) is 2.02. The van der Waals surface area contributed by atoms with Crippen molar-refractivity contribution < 1.29 is 4.79 Å². The van der Waals surface area contributed by atoms with Crippen molar-refractivity contribution in [2.45, 2.75) is 49.8 Å². The second kappa shape index (κ2) is 9.76. The molecule has 154 valence electrons. The fraction of sp³-hybridized carbons (Fsp3) is 0.550. The van der Waals surface area contributed by atoms with Gasteiger partial charge in [0.15, 0.2) is 5.82 Å². The van der Waals surface area contributed by atoms with E-state index in [-0.39, 0.29) is 23.7 Å². The van der Waals surface area contributed by atoms with E-state index in [1.165, 1.54) is 17.3 Å². The molecule has 8 heteroatoms. The number of nitrogens with one attached hydrogen (secondary N) is 2. The van der Waals surface area contributed by atoms with Crippen LogP contribution in [0.2, 0.25) is 0 Å². The molecule has 0 aliphatic carbocycles. The van der Waals surface area contributed by atoms with Crippen molar-refractivity contribution in [1.82, 2.24) is 20.1 Å². The number of aromatic nitrogens is 3. The van der Waals surface area contributed by atoms with Gasteiger partial charge in [-0.15, -0.1) is 24.2 Å². The standard InChI is InChI=1S/C20H29N5OS.ClH/c1-20(2,3)15-5-7-16(8-6-15)27-13-17(26)22-19-23-18(24-25(19)4)14-9-11-21-12-10-14;/h5-8,14,21H,9-13H2,1-4H3,(H,22,23,24,26);1H. The Morgan fingerprint density at radius 2 is 1.89 bits per heavy atom. The van der Waals surface area contributed by atoms with Gasteiger partial charge in [0, 0.05) is 17.9 Å². The first-order chi connectivity index (χ1) is 12.8. The van der Waals surface area contributed by atoms with E-state index < -0.39 is 0 Å². The van der Waals surface area contributed by atoms with Crippen LogP contribution in [0.5, 0.6) is 0 Å². The Morgan fingerprint density at radius 3 is 2.50 bits per heavy atom. The molecular formula is C20H30ClN5OS. The Hall–Kier alpha value is -1.57. The number of carbonyl (C=O) groups excluding carboxylic acids is 1. The van der Waals surface area contributed by atoms with Crippen LogP contribution in [0.1, 0.15) is 50.9 Å². The lowest BCUT2D eigenvalue weighted by Crippen LogP contribution is -2.27. The van der Waals surface area contributed by atoms with Crippen LogP contribution in [0.3, 0.4) is 0 Å². The third-order valence-electron chi connectivity index (χ3n) is 4.83. The summed E-state index contributed by atoms with van der Waals surface area (Å²) >= 11 is 1.53. The predicted octanol–water partition coefficient (Wildman–Crippen LogP) is 3.73. The monoisotopic (exact) mass is 423 g/mol. The molecule has 1 aliphatic heterocycles. The molecule has 0 atom stereocenters. The predicted molar refractivity (Wildman–Crippen MR) is 118 cm³/mol. The lowest BCUT2D eigenvalue weighted by atomic mass is 9.87. The summed E-state index contributed by atoms with van der Waals surface area (Å²) in [6.45, 7) is 8.58. The number of thioether (sulfide) groups is 1. The molecule has 0 bridgehead atoms. The van der Waals surface area contributed by atoms with Crippen LogP contribution in [0.4, 0.5) is 5.95 Å². The molecule has 1 saturated heterocycles. The first-order valence-electron chi connectivity index (χ1n) is 9.48. The van der Waals surface area contributed by atoms with Gasteiger partial charge in [-0.2, -0.15) is 10.1 Å². The summed E-state index contributed by atoms with van der Waals surface area (Å²) in [5, 5.41) is 10.7. The number of halogens is 1. The van der Waals surface area contributed by atoms with Crippen LogP contribution in [0.25, 0.3) is 0 Å². The van der Waals surface area contributed by atoms with Gasteiger partial charge in [-0.3, -0.25) is 10.1 Å². The maximum absolute atomic E-state index is 12.3. The van der Waals surface area contributed by atoms with E-state index in [0.29, 0.717) is 17.6 Å². The highest BCUT2D eigenvalue weighted by Gasteiger charge is 2.21. The molecular weight excluding hydrogens is 394 g/mol. The van der Waals surface area contributed by atoms with Gasteiger partial charge in [0.2, 0.25) is 11.9 Å². The number of piperidine rings is 1. The summed E-state index contributed by atoms with van der Waals surface area (Å²) < 4.78 is 1.66. The number of nitrogens with zero attached hydrogens (tertiary/aromatic N) is 3. The second-order valence-electron chi connectivity index (χ2n) is 8.05. The molecule has 1 fully saturated rings. The fourth-order valence-electron chi connectivity index (χ4n) is 3.13. The number of benzene rings is 1. The second-order valence-corrected chi connectivity index (χ2v) is 9.10. The van der Waals surface area contributed by atoms with Crippen LogP contribution < -0.4 is 10.6 Å². The van der Waals surface area contributed by atoms with Crippen molar-refractivity contribution in [3.8, 4) is 0 Å². The van der Waals surface area contributed by atoms with Crippen LogP contribution in [0, 0.1) is 0 Å². The normalized spacial score (nSPS) is 15.1. The molecule has 2 heterocycles. The molecule has 1 amide bonds. The van der Waals surface area contributed by atoms with Gasteiger partial charge in [0.1, 0.15) is 0 Å². The number of amides is 1. The summed E-state index contributed by atoms with van der Waals surface area (Å²) in [6, 6.07) is 8.43. The number of aryl methyl sites for hydroxylation is 1. The van der Waals surface area contributed by atoms with E-state index in [1.54, 1.807) is 4.68 Å². The van der Waals surface area contributed by atoms with E-state index in [2.05, 4.69) is 65.8 Å². The average Bonchev–Trinajstić information content (AvgIpc) is 3.01. The molecule has 28 heavy (non-hydrogen) atoms. The van der Waals surface area contributed by atoms with Crippen molar-refractivity contribution in [2.24, 2.45) is 7.05 Å². The molecule has 3 rings (SSSR count). The van der Waals surface area contributed by atoms with Gasteiger partial charge in [0.05, 0.1) is 5.75 Å². The van der Waals surface area contributed by atoms with Gasteiger partial charge < -0.3 is 5.32 Å². The molecule has 0 radical (unpaired) electrons. The topological polar surface area (TPSA) is 71.8 Å². The van der Waals surface area contributed by atoms with E-state index >= 15 is 0 Å². The molecule has 6 nitrogen and oxygen atoms in total. The van der Waals surface area contributed by atoms with Crippen molar-refractivity contribution in [3.05, 3.63) is 35.7 Å². The van der Waals surface area contributed by atoms with Crippen molar-refractivity contribution >= 4 is 36.0 Å². The van der Waals surface area contributed by atoms with E-state index in [9.17, 15) is 4.79 Å². The molecule has 2 aromatic rings. The smallest absolute Gasteiger partial charge is 0.237 e. The number of anilines is 1. The lowest BCUT2D eigenvalue weighted by Gasteiger charge is -2.19. The van der Waals surface area contributed by atoms with Gasteiger partial charge in [0.25, 0.3) is 0 Å². The molecule has 0 saturated carbocycles. The van der Waals surface area contributed by atoms with Crippen molar-refractivity contribution in [1.29, 1.82) is 0 Å². The van der Waals surface area contributed by atoms with Gasteiger partial charge >= 0.3 is 0 Å². The number of hydrogen-bond donors (Lipinski definition) is 2. The largest absolute Gasteiger partial charge is 0.317 e. The van der Waals surface area contributed by atoms with Crippen LogP contribution in [-0.2, 0) is 17.3 Å². The van der Waals surface area contributed by atoms with Gasteiger partial charge in [-0.25, -0.2) is 4.68 Å². The Kier molecular flexibility index (Phi) is 7.92. The Labute approximate surface area is 177 Å². The molecule has 1 aliphatic rings. The van der Waals surface area contributed by atoms with Crippen molar-refractivity contribution in [2.75, 3.05) is 24.2 Å². The third-order valence-corrected chi connectivity index (χ3v) is 5.84. The molecule has 0 spiro atoms. The number of hydrogen-bond acceptors (Lipinski definition) is 5. The molecule has 2 N–H and O–H groups in total. The SMILES string of the molecule is Cl.Cn1nc(C2CCNCC2)nc1NC(=O)CSc1ccc(C(C)(C)C)cc1. The minimum absolute atomic E-state index is 0. The number of rotatable bonds is 5. The average molecular weight is 424 g/mol. The molecule has 1 aromatic carbocycles. The highest BCUT2D eigenvalue weighted by atomic mass is 35.5. The maximum atomic E-state index is 12.3. The van der Waals surface area contributed by atoms with E-state index in [4.69, 9.17) is 0 Å². The van der Waals surface area contributed by atoms with Crippen molar-refractivity contribution in [3.63, 3.8) is 0 Å². The lowest BCUT2D eigenvalue weighted by molar-refractivity contribution is -0.113. The fourth-order valence-corrected chi connectivity index (χ4v) is 3.83. The van der Waals surface area contributed by atoms with E-state index in [0.717, 1.165) is 36.7 Å². The Morgan fingerprint density at radius 1 is 1.25 bits per heavy atom. The number of carbonyl (C=O) groups is 1. The first kappa shape index (κ1) is 22.7. The minimum atomic E-state index is -0.0627. The molecule has 0 unspecified atom stereocenters. The summed E-state index contributed by atoms with van der Waals surface area (Å²) in [5.41, 5.74) is 1.43. The van der Waals surface area contributed by atoms with E-state index in [1.807, 2.05) is 7.05 Å². The van der Waals surface area contributed by atoms with Crippen LogP contribution in [-0.4, -0.2) is 39.5 Å². The zero-order chi connectivity index (χ0) is 19.4. The minimum Gasteiger partial charge on any atom is -0.317 e. The first-order valence-corrected chi connectivity index (χ1v) is 10.5. The zero-order valence-corrected chi connectivity index (χ0v) is 18.6. The Balaban J connectivity index is 0.00000280. The highest BCUT2D eigenvalue weighted by molar-refractivity contribution is 8.00. The summed E-state index contributed by atoms with van der Waals surface area (Å²) in [6.07, 6.45) is 2.08. The van der Waals surface area contributed by atoms with Gasteiger partial charge in [-0.05, 0) is 49.0 Å². The van der Waals surface area contributed by atoms with Crippen LogP contribution >= 0.6 is 24.2 Å². The Bertz CT molecular complexity index is 779.